The molecule has 2 amide bonds. The predicted octanol–water partition coefficient (Wildman–Crippen LogP) is 2.28. The Hall–Kier alpha value is -4.61. The number of nitrogens with zero attached hydrogens (tertiary/aromatic N) is 5. The molecule has 2 aromatic carbocycles. The van der Waals surface area contributed by atoms with Gasteiger partial charge in [-0.1, -0.05) is 19.6 Å². The van der Waals surface area contributed by atoms with Crippen LogP contribution in [-0.4, -0.2) is 63.8 Å². The Morgan fingerprint density at radius 3 is 2.92 bits per heavy atom. The van der Waals surface area contributed by atoms with E-state index in [9.17, 15) is 14.0 Å². The number of rotatable bonds is 5. The number of amides is 2. The van der Waals surface area contributed by atoms with Gasteiger partial charge < -0.3 is 19.7 Å². The van der Waals surface area contributed by atoms with Gasteiger partial charge in [0, 0.05) is 19.5 Å². The maximum absolute atomic E-state index is 13.4. The van der Waals surface area contributed by atoms with Gasteiger partial charge in [0.15, 0.2) is 0 Å². The first-order chi connectivity index (χ1) is 16.9. The van der Waals surface area contributed by atoms with Crippen LogP contribution in [0.1, 0.15) is 29.4 Å². The maximum Gasteiger partial charge on any atom is 0.291 e. The third-order valence-electron chi connectivity index (χ3n) is 5.57. The minimum atomic E-state index is -0.985. The minimum Gasteiger partial charge on any atom is -0.489 e. The van der Waals surface area contributed by atoms with E-state index in [0.717, 1.165) is 0 Å². The van der Waals surface area contributed by atoms with Crippen LogP contribution in [0.4, 0.5) is 10.1 Å². The molecule has 4 aromatic rings. The number of hydrogen-bond donors (Lipinski definition) is 2. The van der Waals surface area contributed by atoms with E-state index < -0.39 is 11.9 Å². The van der Waals surface area contributed by atoms with Crippen molar-refractivity contribution in [1.29, 1.82) is 0 Å². The fourth-order valence-corrected chi connectivity index (χ4v) is 3.83. The lowest BCUT2D eigenvalue weighted by atomic mass is 10.1. The fraction of sp³-hybridized carbons (Fsp3) is 0.250. The summed E-state index contributed by atoms with van der Waals surface area (Å²) in [6, 6.07) is 8.47. The Kier molecular flexibility index (Phi) is 6.77. The number of anilines is 1. The Balaban J connectivity index is 0.00000304. The quantitative estimate of drug-likeness (QED) is 0.432. The molecule has 1 aliphatic heterocycles. The molecule has 2 aromatic heterocycles. The molecule has 0 saturated carbocycles. The first-order valence-electron chi connectivity index (χ1n) is 10.6. The summed E-state index contributed by atoms with van der Waals surface area (Å²) in [5.74, 6) is -0.355. The van der Waals surface area contributed by atoms with E-state index >= 15 is 0 Å². The molecule has 36 heavy (non-hydrogen) atoms. The monoisotopic (exact) mass is 493 g/mol. The van der Waals surface area contributed by atoms with Crippen LogP contribution in [-0.2, 0) is 11.2 Å². The van der Waals surface area contributed by atoms with Crippen molar-refractivity contribution in [3.8, 4) is 11.6 Å². The first-order valence-corrected chi connectivity index (χ1v) is 10.6. The van der Waals surface area contributed by atoms with E-state index in [1.54, 1.807) is 31.3 Å². The lowest BCUT2D eigenvalue weighted by Gasteiger charge is -2.20. The van der Waals surface area contributed by atoms with Gasteiger partial charge in [-0.25, -0.2) is 19.3 Å². The summed E-state index contributed by atoms with van der Waals surface area (Å²) in [5.41, 5.74) is 1.75. The van der Waals surface area contributed by atoms with E-state index in [1.165, 1.54) is 30.5 Å². The summed E-state index contributed by atoms with van der Waals surface area (Å²) in [7, 11) is 3.08. The van der Waals surface area contributed by atoms with E-state index in [1.807, 2.05) is 0 Å². The zero-order chi connectivity index (χ0) is 24.5. The summed E-state index contributed by atoms with van der Waals surface area (Å²) in [6.07, 6.45) is 1.64. The third-order valence-corrected chi connectivity index (χ3v) is 5.57. The molecule has 1 aliphatic rings. The summed E-state index contributed by atoms with van der Waals surface area (Å²) in [4.78, 5) is 39.8. The van der Waals surface area contributed by atoms with Gasteiger partial charge in [0.1, 0.15) is 36.4 Å². The molecule has 0 spiro atoms. The summed E-state index contributed by atoms with van der Waals surface area (Å²) in [6.45, 7) is -0.101. The molecule has 2 N–H and O–H groups in total. The van der Waals surface area contributed by atoms with Crippen molar-refractivity contribution in [2.75, 3.05) is 25.7 Å². The van der Waals surface area contributed by atoms with Gasteiger partial charge in [0.2, 0.25) is 11.7 Å². The largest absolute Gasteiger partial charge is 0.489 e. The van der Waals surface area contributed by atoms with Crippen molar-refractivity contribution in [1.82, 2.24) is 30.5 Å². The molecule has 0 bridgehead atoms. The molecule has 12 heteroatoms. The number of nitrogens with one attached hydrogen (secondary N) is 2. The number of likely N-dealkylation sites (N-methyl/N-ethyl adjacent to an activating group) is 1. The molecule has 1 atom stereocenters. The van der Waals surface area contributed by atoms with E-state index in [0.29, 0.717) is 39.6 Å². The lowest BCUT2D eigenvalue weighted by molar-refractivity contribution is -0.120. The summed E-state index contributed by atoms with van der Waals surface area (Å²) >= 11 is 0. The normalized spacial score (nSPS) is 14.9. The van der Waals surface area contributed by atoms with Crippen molar-refractivity contribution < 1.29 is 23.5 Å². The van der Waals surface area contributed by atoms with Gasteiger partial charge in [0.25, 0.3) is 11.8 Å². The number of ether oxygens (including phenoxy) is 2. The molecule has 5 rings (SSSR count). The second-order valence-electron chi connectivity index (χ2n) is 7.87. The van der Waals surface area contributed by atoms with Crippen LogP contribution in [0, 0.1) is 5.82 Å². The van der Waals surface area contributed by atoms with E-state index in [-0.39, 0.29) is 38.0 Å². The topological polar surface area (TPSA) is 135 Å². The Morgan fingerprint density at radius 2 is 2.14 bits per heavy atom. The van der Waals surface area contributed by atoms with Crippen molar-refractivity contribution >= 4 is 28.4 Å². The molecule has 0 unspecified atom stereocenters. The average molecular weight is 493 g/mol. The highest BCUT2D eigenvalue weighted by Gasteiger charge is 2.32. The number of halogens is 1. The zero-order valence-electron chi connectivity index (χ0n) is 18.8. The Labute approximate surface area is 205 Å². The van der Waals surface area contributed by atoms with Crippen LogP contribution in [0.2, 0.25) is 0 Å². The van der Waals surface area contributed by atoms with E-state index in [2.05, 4.69) is 30.5 Å². The highest BCUT2D eigenvalue weighted by Crippen LogP contribution is 2.36. The number of carbonyl (C=O) groups is 2. The van der Waals surface area contributed by atoms with Crippen molar-refractivity contribution in [2.24, 2.45) is 0 Å². The molecule has 186 valence electrons. The van der Waals surface area contributed by atoms with Crippen LogP contribution in [0.3, 0.4) is 0 Å². The van der Waals surface area contributed by atoms with Gasteiger partial charge in [-0.15, -0.1) is 5.10 Å². The molecule has 0 radical (unpaired) electrons. The summed E-state index contributed by atoms with van der Waals surface area (Å²) in [5, 5.41) is 9.84. The SMILES string of the molecule is C.COc1ncnc2cc3c(cc12)N(C)C(=O)[C@@H](NC(=O)c1n[nH]c(Cc2cccc(F)c2)n1)CO3. The van der Waals surface area contributed by atoms with Gasteiger partial charge >= 0.3 is 0 Å². The maximum atomic E-state index is 13.4. The summed E-state index contributed by atoms with van der Waals surface area (Å²) < 4.78 is 24.6. The van der Waals surface area contributed by atoms with Crippen molar-refractivity contribution in [2.45, 2.75) is 19.9 Å². The van der Waals surface area contributed by atoms with Crippen LogP contribution in [0.5, 0.6) is 11.6 Å². The number of fused-ring (bicyclic) bond motifs is 2. The van der Waals surface area contributed by atoms with Crippen LogP contribution >= 0.6 is 0 Å². The van der Waals surface area contributed by atoms with E-state index in [4.69, 9.17) is 9.47 Å². The third kappa shape index (κ3) is 4.65. The van der Waals surface area contributed by atoms with Gasteiger partial charge in [0.05, 0.1) is 23.7 Å². The Morgan fingerprint density at radius 1 is 1.31 bits per heavy atom. The average Bonchev–Trinajstić information content (AvgIpc) is 3.29. The Bertz CT molecular complexity index is 1440. The number of benzene rings is 2. The van der Waals surface area contributed by atoms with Gasteiger partial charge in [-0.3, -0.25) is 14.7 Å². The molecule has 0 saturated heterocycles. The molecular formula is C24H24FN7O4. The van der Waals surface area contributed by atoms with Gasteiger partial charge in [-0.2, -0.15) is 0 Å². The second-order valence-corrected chi connectivity index (χ2v) is 7.87. The molecule has 11 nitrogen and oxygen atoms in total. The number of aromatic nitrogens is 5. The highest BCUT2D eigenvalue weighted by atomic mass is 19.1. The number of H-pyrrole nitrogens is 1. The molecule has 0 fully saturated rings. The molecular weight excluding hydrogens is 469 g/mol. The lowest BCUT2D eigenvalue weighted by Crippen LogP contribution is -2.49. The standard InChI is InChI=1S/C23H20FN7O4.CH4/c1-31-17-8-14-15(25-11-26-22(14)34-2)9-18(17)35-10-16(23(31)33)27-21(32)20-28-19(29-30-20)7-12-4-3-5-13(24)6-12;/h3-6,8-9,11,16H,7,10H2,1-2H3,(H,27,32)(H,28,29,30);1H4/t16-;/m0./s1. The smallest absolute Gasteiger partial charge is 0.291 e. The van der Waals surface area contributed by atoms with Crippen molar-refractivity contribution in [3.63, 3.8) is 0 Å². The molecule has 3 heterocycles. The fourth-order valence-electron chi connectivity index (χ4n) is 3.83. The van der Waals surface area contributed by atoms with Gasteiger partial charge in [-0.05, 0) is 23.8 Å². The number of hydrogen-bond acceptors (Lipinski definition) is 8. The van der Waals surface area contributed by atoms with Crippen molar-refractivity contribution in [3.05, 3.63) is 65.8 Å². The number of methoxy groups -OCH3 is 1. The molecule has 0 aliphatic carbocycles. The number of aromatic amines is 1. The van der Waals surface area contributed by atoms with Crippen LogP contribution < -0.4 is 19.7 Å². The highest BCUT2D eigenvalue weighted by molar-refractivity contribution is 6.04. The zero-order valence-corrected chi connectivity index (χ0v) is 18.8. The first kappa shape index (κ1) is 24.5. The van der Waals surface area contributed by atoms with Crippen LogP contribution in [0.15, 0.2) is 42.7 Å². The van der Waals surface area contributed by atoms with Crippen LogP contribution in [0.25, 0.3) is 10.9 Å². The minimum absolute atomic E-state index is 0. The number of carbonyl (C=O) groups excluding carboxylic acids is 2. The predicted molar refractivity (Wildman–Crippen MR) is 129 cm³/mol. The second kappa shape index (κ2) is 9.94.